The Bertz CT molecular complexity index is 564. The molecular formula is C16H25ClN4O2. The molecule has 0 N–H and O–H groups in total. The number of rotatable bonds is 2. The normalized spacial score (nSPS) is 16.0. The average Bonchev–Trinajstić information content (AvgIpc) is 2.45. The molecule has 1 aliphatic heterocycles. The van der Waals surface area contributed by atoms with E-state index in [1.807, 2.05) is 20.8 Å². The predicted molar refractivity (Wildman–Crippen MR) is 91.2 cm³/mol. The summed E-state index contributed by atoms with van der Waals surface area (Å²) in [6.07, 6.45) is 1.23. The number of halogens is 1. The van der Waals surface area contributed by atoms with E-state index in [1.54, 1.807) is 4.90 Å². The number of carbonyl (C=O) groups excluding carboxylic acids is 1. The maximum atomic E-state index is 12.1. The van der Waals surface area contributed by atoms with Crippen molar-refractivity contribution in [1.29, 1.82) is 0 Å². The van der Waals surface area contributed by atoms with Gasteiger partial charge in [-0.05, 0) is 26.7 Å². The smallest absolute Gasteiger partial charge is 0.410 e. The van der Waals surface area contributed by atoms with Gasteiger partial charge in [0, 0.05) is 31.7 Å². The third-order valence-corrected chi connectivity index (χ3v) is 3.92. The average molecular weight is 341 g/mol. The lowest BCUT2D eigenvalue weighted by molar-refractivity contribution is 0.0240. The molecule has 6 nitrogen and oxygen atoms in total. The summed E-state index contributed by atoms with van der Waals surface area (Å²) < 4.78 is 5.42. The number of amides is 1. The molecule has 1 saturated heterocycles. The number of carbonyl (C=O) groups is 1. The Hall–Kier alpha value is -1.56. The summed E-state index contributed by atoms with van der Waals surface area (Å²) in [6, 6.07) is 0. The molecule has 0 aromatic carbocycles. The Balaban J connectivity index is 2.06. The fourth-order valence-corrected chi connectivity index (χ4v) is 2.89. The fourth-order valence-electron chi connectivity index (χ4n) is 2.54. The van der Waals surface area contributed by atoms with Crippen LogP contribution < -0.4 is 4.90 Å². The fraction of sp³-hybridized carbons (Fsp3) is 0.688. The molecule has 1 amide bonds. The lowest BCUT2D eigenvalue weighted by Gasteiger charge is -2.37. The second-order valence-corrected chi connectivity index (χ2v) is 7.37. The Kier molecular flexibility index (Phi) is 5.34. The highest BCUT2D eigenvalue weighted by atomic mass is 35.5. The maximum Gasteiger partial charge on any atom is 0.410 e. The van der Waals surface area contributed by atoms with E-state index >= 15 is 0 Å². The number of anilines is 1. The highest BCUT2D eigenvalue weighted by Crippen LogP contribution is 2.31. The van der Waals surface area contributed by atoms with Crippen molar-refractivity contribution in [1.82, 2.24) is 14.9 Å². The summed E-state index contributed by atoms with van der Waals surface area (Å²) in [6.45, 7) is 12.4. The first-order valence-electron chi connectivity index (χ1n) is 7.92. The van der Waals surface area contributed by atoms with Crippen LogP contribution in [-0.2, 0) is 4.74 Å². The van der Waals surface area contributed by atoms with Crippen LogP contribution in [0, 0.1) is 0 Å². The van der Waals surface area contributed by atoms with Gasteiger partial charge in [-0.2, -0.15) is 0 Å². The molecule has 1 aromatic rings. The molecule has 2 heterocycles. The van der Waals surface area contributed by atoms with E-state index in [-0.39, 0.29) is 12.0 Å². The molecule has 0 bridgehead atoms. The molecule has 0 radical (unpaired) electrons. The van der Waals surface area contributed by atoms with Crippen molar-refractivity contribution < 1.29 is 9.53 Å². The minimum atomic E-state index is -0.473. The van der Waals surface area contributed by atoms with Crippen LogP contribution in [0.2, 0.25) is 5.15 Å². The Morgan fingerprint density at radius 3 is 2.35 bits per heavy atom. The van der Waals surface area contributed by atoms with Gasteiger partial charge < -0.3 is 14.5 Å². The predicted octanol–water partition coefficient (Wildman–Crippen LogP) is 3.31. The monoisotopic (exact) mass is 340 g/mol. The van der Waals surface area contributed by atoms with E-state index in [0.717, 1.165) is 11.4 Å². The third kappa shape index (κ3) is 4.47. The van der Waals surface area contributed by atoms with Crippen molar-refractivity contribution in [2.24, 2.45) is 0 Å². The highest BCUT2D eigenvalue weighted by molar-refractivity contribution is 6.30. The van der Waals surface area contributed by atoms with Crippen LogP contribution >= 0.6 is 11.6 Å². The zero-order valence-electron chi connectivity index (χ0n) is 14.5. The van der Waals surface area contributed by atoms with Crippen molar-refractivity contribution in [2.45, 2.75) is 46.1 Å². The van der Waals surface area contributed by atoms with Gasteiger partial charge in [-0.3, -0.25) is 0 Å². The summed E-state index contributed by atoms with van der Waals surface area (Å²) in [4.78, 5) is 24.5. The first-order chi connectivity index (χ1) is 10.7. The van der Waals surface area contributed by atoms with Crippen LogP contribution in [0.4, 0.5) is 10.6 Å². The van der Waals surface area contributed by atoms with Crippen LogP contribution in [0.15, 0.2) is 6.33 Å². The molecule has 0 aliphatic carbocycles. The maximum absolute atomic E-state index is 12.1. The molecule has 0 saturated carbocycles. The molecule has 23 heavy (non-hydrogen) atoms. The number of ether oxygens (including phenoxy) is 1. The minimum Gasteiger partial charge on any atom is -0.444 e. The number of hydrogen-bond donors (Lipinski definition) is 0. The van der Waals surface area contributed by atoms with Gasteiger partial charge in [-0.1, -0.05) is 25.4 Å². The van der Waals surface area contributed by atoms with Gasteiger partial charge in [-0.15, -0.1) is 0 Å². The summed E-state index contributed by atoms with van der Waals surface area (Å²) in [5.41, 5.74) is 0.485. The standard InChI is InChI=1S/C16H25ClN4O2/c1-11(2)12-13(17)18-10-19-14(12)20-6-8-21(9-7-20)15(22)23-16(3,4)5/h10-11H,6-9H2,1-5H3. The van der Waals surface area contributed by atoms with E-state index in [1.165, 1.54) is 6.33 Å². The van der Waals surface area contributed by atoms with E-state index in [9.17, 15) is 4.79 Å². The first-order valence-corrected chi connectivity index (χ1v) is 8.30. The van der Waals surface area contributed by atoms with E-state index in [2.05, 4.69) is 28.7 Å². The summed E-state index contributed by atoms with van der Waals surface area (Å²) >= 11 is 6.23. The molecule has 0 spiro atoms. The summed E-state index contributed by atoms with van der Waals surface area (Å²) in [7, 11) is 0. The van der Waals surface area contributed by atoms with Gasteiger partial charge in [-0.25, -0.2) is 14.8 Å². The third-order valence-electron chi connectivity index (χ3n) is 3.62. The summed E-state index contributed by atoms with van der Waals surface area (Å²) in [5.74, 6) is 1.10. The van der Waals surface area contributed by atoms with Gasteiger partial charge in [0.1, 0.15) is 22.9 Å². The molecule has 7 heteroatoms. The molecule has 0 atom stereocenters. The van der Waals surface area contributed by atoms with Crippen molar-refractivity contribution in [3.63, 3.8) is 0 Å². The molecule has 1 aromatic heterocycles. The number of piperazine rings is 1. The lowest BCUT2D eigenvalue weighted by Crippen LogP contribution is -2.50. The molecule has 2 rings (SSSR count). The SMILES string of the molecule is CC(C)c1c(Cl)ncnc1N1CCN(C(=O)OC(C)(C)C)CC1. The zero-order chi connectivity index (χ0) is 17.2. The second kappa shape index (κ2) is 6.91. The largest absolute Gasteiger partial charge is 0.444 e. The first kappa shape index (κ1) is 17.8. The Morgan fingerprint density at radius 1 is 1.22 bits per heavy atom. The van der Waals surface area contributed by atoms with Gasteiger partial charge >= 0.3 is 6.09 Å². The van der Waals surface area contributed by atoms with Gasteiger partial charge in [0.05, 0.1) is 0 Å². The zero-order valence-corrected chi connectivity index (χ0v) is 15.2. The van der Waals surface area contributed by atoms with Crippen molar-refractivity contribution in [3.05, 3.63) is 17.0 Å². The van der Waals surface area contributed by atoms with E-state index in [4.69, 9.17) is 16.3 Å². The molecule has 1 aliphatic rings. The lowest BCUT2D eigenvalue weighted by atomic mass is 10.1. The van der Waals surface area contributed by atoms with Gasteiger partial charge in [0.2, 0.25) is 0 Å². The van der Waals surface area contributed by atoms with E-state index < -0.39 is 5.60 Å². The summed E-state index contributed by atoms with van der Waals surface area (Å²) in [5, 5.41) is 0.500. The van der Waals surface area contributed by atoms with Crippen LogP contribution in [-0.4, -0.2) is 52.7 Å². The minimum absolute atomic E-state index is 0.239. The number of nitrogens with zero attached hydrogens (tertiary/aromatic N) is 4. The van der Waals surface area contributed by atoms with Crippen molar-refractivity contribution in [2.75, 3.05) is 31.1 Å². The Labute approximate surface area is 142 Å². The Morgan fingerprint density at radius 2 is 1.83 bits per heavy atom. The van der Waals surface area contributed by atoms with Crippen LogP contribution in [0.5, 0.6) is 0 Å². The van der Waals surface area contributed by atoms with Crippen molar-refractivity contribution in [3.8, 4) is 0 Å². The van der Waals surface area contributed by atoms with Crippen molar-refractivity contribution >= 4 is 23.5 Å². The number of hydrogen-bond acceptors (Lipinski definition) is 5. The van der Waals surface area contributed by atoms with E-state index in [0.29, 0.717) is 31.3 Å². The van der Waals surface area contributed by atoms with Gasteiger partial charge in [0.15, 0.2) is 0 Å². The van der Waals surface area contributed by atoms with Crippen LogP contribution in [0.1, 0.15) is 46.1 Å². The molecular weight excluding hydrogens is 316 g/mol. The van der Waals surface area contributed by atoms with Gasteiger partial charge in [0.25, 0.3) is 0 Å². The highest BCUT2D eigenvalue weighted by Gasteiger charge is 2.28. The quantitative estimate of drug-likeness (QED) is 0.773. The van der Waals surface area contributed by atoms with Crippen LogP contribution in [0.3, 0.4) is 0 Å². The molecule has 128 valence electrons. The molecule has 0 unspecified atom stereocenters. The van der Waals surface area contributed by atoms with Crippen LogP contribution in [0.25, 0.3) is 0 Å². The molecule has 1 fully saturated rings. The topological polar surface area (TPSA) is 58.6 Å². The second-order valence-electron chi connectivity index (χ2n) is 7.01. The number of aromatic nitrogens is 2.